The SMILES string of the molecule is CC1(C)OC(=O)C[C@@H]1C(=O)N1CCC(c2cncc(Nc3ncccn3)n2)CC1. The quantitative estimate of drug-likeness (QED) is 0.782. The topological polar surface area (TPSA) is 110 Å². The van der Waals surface area contributed by atoms with Gasteiger partial charge in [0, 0.05) is 37.6 Å². The van der Waals surface area contributed by atoms with Gasteiger partial charge in [-0.3, -0.25) is 14.6 Å². The summed E-state index contributed by atoms with van der Waals surface area (Å²) < 4.78 is 5.30. The number of piperidine rings is 1. The second-order valence-electron chi connectivity index (χ2n) is 7.96. The van der Waals surface area contributed by atoms with Crippen molar-refractivity contribution >= 4 is 23.6 Å². The second kappa shape index (κ2) is 7.73. The molecule has 0 bridgehead atoms. The maximum atomic E-state index is 12.9. The third-order valence-electron chi connectivity index (χ3n) is 5.57. The van der Waals surface area contributed by atoms with Gasteiger partial charge in [-0.15, -0.1) is 0 Å². The van der Waals surface area contributed by atoms with Gasteiger partial charge in [0.2, 0.25) is 11.9 Å². The Bertz CT molecular complexity index is 896. The van der Waals surface area contributed by atoms with Crippen molar-refractivity contribution in [3.05, 3.63) is 36.5 Å². The van der Waals surface area contributed by atoms with Crippen molar-refractivity contribution in [1.29, 1.82) is 0 Å². The van der Waals surface area contributed by atoms with Crippen LogP contribution in [-0.4, -0.2) is 55.4 Å². The number of anilines is 2. The number of amides is 1. The van der Waals surface area contributed by atoms with Gasteiger partial charge < -0.3 is 15.0 Å². The Labute approximate surface area is 168 Å². The molecule has 0 unspecified atom stereocenters. The zero-order valence-corrected chi connectivity index (χ0v) is 16.5. The Balaban J connectivity index is 1.38. The molecule has 0 aromatic carbocycles. The molecule has 1 amide bonds. The first-order valence-electron chi connectivity index (χ1n) is 9.79. The summed E-state index contributed by atoms with van der Waals surface area (Å²) in [5.41, 5.74) is 0.147. The van der Waals surface area contributed by atoms with E-state index in [0.717, 1.165) is 18.5 Å². The number of carbonyl (C=O) groups is 2. The molecule has 2 aromatic rings. The highest BCUT2D eigenvalue weighted by atomic mass is 16.6. The molecule has 0 spiro atoms. The summed E-state index contributed by atoms with van der Waals surface area (Å²) in [5.74, 6) is 0.572. The molecule has 2 aliphatic heterocycles. The van der Waals surface area contributed by atoms with Crippen molar-refractivity contribution in [1.82, 2.24) is 24.8 Å². The second-order valence-corrected chi connectivity index (χ2v) is 7.96. The highest BCUT2D eigenvalue weighted by Gasteiger charge is 2.47. The van der Waals surface area contributed by atoms with Crippen molar-refractivity contribution < 1.29 is 14.3 Å². The number of cyclic esters (lactones) is 1. The van der Waals surface area contributed by atoms with Crippen LogP contribution in [0, 0.1) is 5.92 Å². The number of carbonyl (C=O) groups excluding carboxylic acids is 2. The van der Waals surface area contributed by atoms with Gasteiger partial charge in [0.15, 0.2) is 5.82 Å². The van der Waals surface area contributed by atoms with E-state index in [0.29, 0.717) is 24.9 Å². The van der Waals surface area contributed by atoms with Crippen LogP contribution in [0.2, 0.25) is 0 Å². The van der Waals surface area contributed by atoms with Gasteiger partial charge >= 0.3 is 5.97 Å². The van der Waals surface area contributed by atoms with Gasteiger partial charge in [0.25, 0.3) is 0 Å². The minimum atomic E-state index is -0.740. The van der Waals surface area contributed by atoms with Gasteiger partial charge in [-0.1, -0.05) is 0 Å². The molecule has 4 heterocycles. The predicted octanol–water partition coefficient (Wildman–Crippen LogP) is 2.06. The summed E-state index contributed by atoms with van der Waals surface area (Å²) in [5, 5.41) is 3.05. The number of rotatable bonds is 4. The Morgan fingerprint density at radius 1 is 1.21 bits per heavy atom. The Morgan fingerprint density at radius 2 is 1.93 bits per heavy atom. The van der Waals surface area contributed by atoms with Gasteiger partial charge in [0.05, 0.1) is 24.2 Å². The molecule has 0 saturated carbocycles. The fourth-order valence-corrected chi connectivity index (χ4v) is 3.94. The van der Waals surface area contributed by atoms with Crippen LogP contribution in [0.25, 0.3) is 0 Å². The van der Waals surface area contributed by atoms with E-state index in [2.05, 4.69) is 25.3 Å². The molecule has 4 rings (SSSR count). The molecule has 152 valence electrons. The van der Waals surface area contributed by atoms with Crippen molar-refractivity contribution in [2.45, 2.75) is 44.6 Å². The monoisotopic (exact) mass is 396 g/mol. The normalized spacial score (nSPS) is 21.7. The van der Waals surface area contributed by atoms with Crippen LogP contribution in [0.4, 0.5) is 11.8 Å². The van der Waals surface area contributed by atoms with Crippen molar-refractivity contribution in [3.63, 3.8) is 0 Å². The van der Waals surface area contributed by atoms with Crippen molar-refractivity contribution in [2.24, 2.45) is 5.92 Å². The first-order valence-corrected chi connectivity index (χ1v) is 9.79. The van der Waals surface area contributed by atoms with Crippen LogP contribution in [0.1, 0.15) is 44.7 Å². The number of aromatic nitrogens is 4. The van der Waals surface area contributed by atoms with E-state index >= 15 is 0 Å². The first-order chi connectivity index (χ1) is 13.9. The largest absolute Gasteiger partial charge is 0.459 e. The van der Waals surface area contributed by atoms with Crippen LogP contribution < -0.4 is 5.32 Å². The minimum absolute atomic E-state index is 0.00188. The maximum absolute atomic E-state index is 12.9. The molecule has 9 nitrogen and oxygen atoms in total. The summed E-state index contributed by atoms with van der Waals surface area (Å²) in [6.07, 6.45) is 8.48. The molecule has 29 heavy (non-hydrogen) atoms. The standard InChI is InChI=1S/C20H24N6O3/c1-20(2)14(10-17(27)29-20)18(28)26-8-4-13(5-9-26)15-11-21-12-16(24-15)25-19-22-6-3-7-23-19/h3,6-7,11-14H,4-5,8-10H2,1-2H3,(H,22,23,24,25)/t14-/m1/s1. The Morgan fingerprint density at radius 3 is 2.59 bits per heavy atom. The van der Waals surface area contributed by atoms with Crippen LogP contribution in [0.15, 0.2) is 30.9 Å². The third-order valence-corrected chi connectivity index (χ3v) is 5.57. The van der Waals surface area contributed by atoms with Crippen LogP contribution in [0.3, 0.4) is 0 Å². The summed E-state index contributed by atoms with van der Waals surface area (Å²) in [7, 11) is 0. The molecule has 1 atom stereocenters. The minimum Gasteiger partial charge on any atom is -0.459 e. The fourth-order valence-electron chi connectivity index (χ4n) is 3.94. The molecule has 9 heteroatoms. The van der Waals surface area contributed by atoms with Crippen LogP contribution in [0.5, 0.6) is 0 Å². The number of nitrogens with zero attached hydrogens (tertiary/aromatic N) is 5. The molecule has 0 aliphatic carbocycles. The lowest BCUT2D eigenvalue weighted by Crippen LogP contribution is -2.46. The highest BCUT2D eigenvalue weighted by Crippen LogP contribution is 2.35. The van der Waals surface area contributed by atoms with E-state index in [1.54, 1.807) is 44.7 Å². The highest BCUT2D eigenvalue weighted by molar-refractivity contribution is 5.87. The van der Waals surface area contributed by atoms with Gasteiger partial charge in [0.1, 0.15) is 5.60 Å². The van der Waals surface area contributed by atoms with E-state index in [4.69, 9.17) is 4.74 Å². The van der Waals surface area contributed by atoms with Gasteiger partial charge in [-0.2, -0.15) is 0 Å². The lowest BCUT2D eigenvalue weighted by atomic mass is 9.87. The number of likely N-dealkylation sites (tertiary alicyclic amines) is 1. The van der Waals surface area contributed by atoms with Gasteiger partial charge in [-0.05, 0) is 32.8 Å². The molecule has 2 saturated heterocycles. The van der Waals surface area contributed by atoms with E-state index in [9.17, 15) is 9.59 Å². The summed E-state index contributed by atoms with van der Waals surface area (Å²) in [4.78, 5) is 43.6. The molecule has 2 aromatic heterocycles. The summed E-state index contributed by atoms with van der Waals surface area (Å²) >= 11 is 0. The number of hydrogen-bond donors (Lipinski definition) is 1. The lowest BCUT2D eigenvalue weighted by Gasteiger charge is -2.35. The molecule has 0 radical (unpaired) electrons. The molecule has 1 N–H and O–H groups in total. The van der Waals surface area contributed by atoms with Crippen LogP contribution in [-0.2, 0) is 14.3 Å². The lowest BCUT2D eigenvalue weighted by molar-refractivity contribution is -0.149. The average molecular weight is 396 g/mol. The number of nitrogens with one attached hydrogen (secondary N) is 1. The number of esters is 1. The predicted molar refractivity (Wildman–Crippen MR) is 104 cm³/mol. The molecular formula is C20H24N6O3. The van der Waals surface area contributed by atoms with E-state index in [-0.39, 0.29) is 24.2 Å². The summed E-state index contributed by atoms with van der Waals surface area (Å²) in [6, 6.07) is 1.75. The Hall–Kier alpha value is -3.10. The fraction of sp³-hybridized carbons (Fsp3) is 0.500. The van der Waals surface area contributed by atoms with Crippen LogP contribution >= 0.6 is 0 Å². The zero-order valence-electron chi connectivity index (χ0n) is 16.5. The average Bonchev–Trinajstić information content (AvgIpc) is 3.00. The molecular weight excluding hydrogens is 372 g/mol. The van der Waals surface area contributed by atoms with E-state index in [1.165, 1.54) is 0 Å². The maximum Gasteiger partial charge on any atom is 0.307 e. The molecule has 2 fully saturated rings. The zero-order chi connectivity index (χ0) is 20.4. The first kappa shape index (κ1) is 19.2. The van der Waals surface area contributed by atoms with E-state index < -0.39 is 11.5 Å². The van der Waals surface area contributed by atoms with Crippen molar-refractivity contribution in [2.75, 3.05) is 18.4 Å². The van der Waals surface area contributed by atoms with Gasteiger partial charge in [-0.25, -0.2) is 15.0 Å². The Kier molecular flexibility index (Phi) is 5.12. The number of ether oxygens (including phenoxy) is 1. The van der Waals surface area contributed by atoms with Crippen molar-refractivity contribution in [3.8, 4) is 0 Å². The smallest absolute Gasteiger partial charge is 0.307 e. The third kappa shape index (κ3) is 4.18. The number of hydrogen-bond acceptors (Lipinski definition) is 8. The molecule has 2 aliphatic rings. The van der Waals surface area contributed by atoms with E-state index in [1.807, 2.05) is 4.90 Å². The summed E-state index contributed by atoms with van der Waals surface area (Å²) in [6.45, 7) is 4.87.